The van der Waals surface area contributed by atoms with E-state index in [-0.39, 0.29) is 0 Å². The Labute approximate surface area is 154 Å². The standard InChI is InChI=1S/C18H34O8/c1-2-3-4-5-6-7-8-9-12(20)10-14(21)18(25)17(24)16(23)15(22)13(11-19)26-18/h12-13,15-17,19-20,22-25H,2-11H2,1H3/t12-,13-,15-,16+,17-,18+/m1/s1. The van der Waals surface area contributed by atoms with Crippen molar-refractivity contribution in [1.82, 2.24) is 0 Å². The normalized spacial score (nSPS) is 33.2. The van der Waals surface area contributed by atoms with Crippen LogP contribution in [0.15, 0.2) is 0 Å². The van der Waals surface area contributed by atoms with Crippen LogP contribution in [0.1, 0.15) is 64.7 Å². The molecular formula is C18H34O8. The minimum absolute atomic E-state index is 0.375. The Morgan fingerprint density at radius 3 is 2.19 bits per heavy atom. The fourth-order valence-corrected chi connectivity index (χ4v) is 3.18. The molecule has 6 N–H and O–H groups in total. The largest absolute Gasteiger partial charge is 0.394 e. The van der Waals surface area contributed by atoms with Gasteiger partial charge in [-0.2, -0.15) is 0 Å². The van der Waals surface area contributed by atoms with Crippen molar-refractivity contribution in [2.75, 3.05) is 6.61 Å². The number of unbranched alkanes of at least 4 members (excludes halogenated alkanes) is 6. The van der Waals surface area contributed by atoms with Gasteiger partial charge in [-0.15, -0.1) is 0 Å². The predicted molar refractivity (Wildman–Crippen MR) is 93.2 cm³/mol. The lowest BCUT2D eigenvalue weighted by atomic mass is 9.88. The van der Waals surface area contributed by atoms with E-state index in [1.165, 1.54) is 19.3 Å². The van der Waals surface area contributed by atoms with Crippen molar-refractivity contribution in [3.8, 4) is 0 Å². The van der Waals surface area contributed by atoms with Crippen molar-refractivity contribution in [1.29, 1.82) is 0 Å². The zero-order chi connectivity index (χ0) is 19.7. The number of aliphatic hydroxyl groups excluding tert-OH is 5. The number of ketones is 1. The molecule has 6 atom stereocenters. The molecule has 0 unspecified atom stereocenters. The summed E-state index contributed by atoms with van der Waals surface area (Å²) in [5.41, 5.74) is 0. The van der Waals surface area contributed by atoms with Crippen LogP contribution >= 0.6 is 0 Å². The highest BCUT2D eigenvalue weighted by Crippen LogP contribution is 2.30. The van der Waals surface area contributed by atoms with Gasteiger partial charge in [-0.3, -0.25) is 4.79 Å². The first-order valence-corrected chi connectivity index (χ1v) is 9.54. The van der Waals surface area contributed by atoms with Gasteiger partial charge in [0, 0.05) is 6.42 Å². The van der Waals surface area contributed by atoms with E-state index in [1.54, 1.807) is 0 Å². The van der Waals surface area contributed by atoms with Gasteiger partial charge in [0.05, 0.1) is 12.7 Å². The number of hydrogen-bond acceptors (Lipinski definition) is 8. The molecule has 0 bridgehead atoms. The number of hydrogen-bond donors (Lipinski definition) is 6. The summed E-state index contributed by atoms with van der Waals surface area (Å²) in [5, 5.41) is 58.8. The molecule has 1 aliphatic heterocycles. The molecule has 0 aromatic rings. The first-order valence-electron chi connectivity index (χ1n) is 9.54. The van der Waals surface area contributed by atoms with Gasteiger partial charge in [0.15, 0.2) is 5.78 Å². The van der Waals surface area contributed by atoms with Crippen LogP contribution in [-0.2, 0) is 9.53 Å². The van der Waals surface area contributed by atoms with Crippen molar-refractivity contribution in [2.45, 2.75) is 101 Å². The maximum atomic E-state index is 12.3. The number of aliphatic hydroxyl groups is 6. The number of carbonyl (C=O) groups excluding carboxylic acids is 1. The van der Waals surface area contributed by atoms with Crippen LogP contribution in [0, 0.1) is 0 Å². The molecule has 1 fully saturated rings. The summed E-state index contributed by atoms with van der Waals surface area (Å²) in [6.45, 7) is 1.40. The second kappa shape index (κ2) is 11.3. The highest BCUT2D eigenvalue weighted by molar-refractivity contribution is 5.87. The van der Waals surface area contributed by atoms with Gasteiger partial charge < -0.3 is 35.4 Å². The lowest BCUT2D eigenvalue weighted by Gasteiger charge is -2.44. The van der Waals surface area contributed by atoms with Crippen molar-refractivity contribution in [2.24, 2.45) is 0 Å². The molecule has 0 aliphatic carbocycles. The summed E-state index contributed by atoms with van der Waals surface area (Å²) in [6, 6.07) is 0. The summed E-state index contributed by atoms with van der Waals surface area (Å²) in [7, 11) is 0. The molecule has 1 rings (SSSR count). The third-order valence-corrected chi connectivity index (χ3v) is 4.93. The fourth-order valence-electron chi connectivity index (χ4n) is 3.18. The summed E-state index contributed by atoms with van der Waals surface area (Å²) < 4.78 is 4.95. The van der Waals surface area contributed by atoms with Gasteiger partial charge >= 0.3 is 0 Å². The molecule has 0 amide bonds. The van der Waals surface area contributed by atoms with E-state index in [4.69, 9.17) is 9.84 Å². The lowest BCUT2D eigenvalue weighted by molar-refractivity contribution is -0.331. The molecule has 0 radical (unpaired) electrons. The van der Waals surface area contributed by atoms with E-state index in [0.29, 0.717) is 6.42 Å². The minimum atomic E-state index is -2.77. The van der Waals surface area contributed by atoms with Crippen molar-refractivity contribution in [3.63, 3.8) is 0 Å². The van der Waals surface area contributed by atoms with E-state index in [9.17, 15) is 30.3 Å². The zero-order valence-electron chi connectivity index (χ0n) is 15.5. The number of Topliss-reactive ketones (excluding diaryl/α,β-unsaturated/α-hetero) is 1. The van der Waals surface area contributed by atoms with Gasteiger partial charge in [0.25, 0.3) is 5.79 Å². The van der Waals surface area contributed by atoms with Gasteiger partial charge in [-0.1, -0.05) is 51.9 Å². The predicted octanol–water partition coefficient (Wildman–Crippen LogP) is -0.390. The second-order valence-corrected chi connectivity index (χ2v) is 7.15. The number of carbonyl (C=O) groups is 1. The number of rotatable bonds is 12. The Balaban J connectivity index is 2.44. The molecule has 154 valence electrons. The highest BCUT2D eigenvalue weighted by Gasteiger charge is 2.56. The molecule has 1 heterocycles. The number of ether oxygens (including phenoxy) is 1. The molecule has 1 aliphatic rings. The summed E-state index contributed by atoms with van der Waals surface area (Å²) >= 11 is 0. The minimum Gasteiger partial charge on any atom is -0.394 e. The fraction of sp³-hybridized carbons (Fsp3) is 0.944. The third-order valence-electron chi connectivity index (χ3n) is 4.93. The van der Waals surface area contributed by atoms with Gasteiger partial charge in [-0.25, -0.2) is 0 Å². The Bertz CT molecular complexity index is 416. The topological polar surface area (TPSA) is 148 Å². The molecular weight excluding hydrogens is 344 g/mol. The molecule has 26 heavy (non-hydrogen) atoms. The van der Waals surface area contributed by atoms with Crippen LogP contribution in [0.25, 0.3) is 0 Å². The average Bonchev–Trinajstić information content (AvgIpc) is 2.62. The molecule has 8 nitrogen and oxygen atoms in total. The summed E-state index contributed by atoms with van der Waals surface area (Å²) in [4.78, 5) is 12.3. The van der Waals surface area contributed by atoms with Crippen LogP contribution < -0.4 is 0 Å². The Morgan fingerprint density at radius 1 is 1.04 bits per heavy atom. The average molecular weight is 378 g/mol. The summed E-state index contributed by atoms with van der Waals surface area (Å²) in [6.07, 6.45) is -0.580. The van der Waals surface area contributed by atoms with Gasteiger partial charge in [0.2, 0.25) is 0 Å². The first-order chi connectivity index (χ1) is 12.3. The Kier molecular flexibility index (Phi) is 10.2. The highest BCUT2D eigenvalue weighted by atomic mass is 16.7. The van der Waals surface area contributed by atoms with E-state index >= 15 is 0 Å². The van der Waals surface area contributed by atoms with Crippen LogP contribution in [0.3, 0.4) is 0 Å². The van der Waals surface area contributed by atoms with E-state index in [2.05, 4.69) is 6.92 Å². The van der Waals surface area contributed by atoms with Crippen molar-refractivity contribution in [3.05, 3.63) is 0 Å². The molecule has 0 spiro atoms. The smallest absolute Gasteiger partial charge is 0.256 e. The van der Waals surface area contributed by atoms with E-state index < -0.39 is 55.1 Å². The first kappa shape index (κ1) is 23.4. The quantitative estimate of drug-likeness (QED) is 0.252. The lowest BCUT2D eigenvalue weighted by Crippen LogP contribution is -2.68. The monoisotopic (exact) mass is 378 g/mol. The van der Waals surface area contributed by atoms with Crippen LogP contribution in [0.2, 0.25) is 0 Å². The molecule has 0 aromatic heterocycles. The van der Waals surface area contributed by atoms with Gasteiger partial charge in [-0.05, 0) is 6.42 Å². The molecule has 8 heteroatoms. The third kappa shape index (κ3) is 6.23. The van der Waals surface area contributed by atoms with E-state index in [1.807, 2.05) is 0 Å². The van der Waals surface area contributed by atoms with Crippen LogP contribution in [0.4, 0.5) is 0 Å². The molecule has 0 aromatic carbocycles. The zero-order valence-corrected chi connectivity index (χ0v) is 15.5. The second-order valence-electron chi connectivity index (χ2n) is 7.15. The maximum Gasteiger partial charge on any atom is 0.256 e. The summed E-state index contributed by atoms with van der Waals surface area (Å²) in [5.74, 6) is -3.77. The van der Waals surface area contributed by atoms with E-state index in [0.717, 1.165) is 25.7 Å². The van der Waals surface area contributed by atoms with Crippen LogP contribution in [-0.4, -0.2) is 79.3 Å². The van der Waals surface area contributed by atoms with Gasteiger partial charge in [0.1, 0.15) is 24.4 Å². The maximum absolute atomic E-state index is 12.3. The van der Waals surface area contributed by atoms with Crippen molar-refractivity contribution < 1.29 is 40.2 Å². The van der Waals surface area contributed by atoms with Crippen molar-refractivity contribution >= 4 is 5.78 Å². The SMILES string of the molecule is CCCCCCCCC[C@@H](O)CC(=O)[C@]1(O)O[C@H](CO)[C@@H](O)[C@H](O)[C@H]1O. The van der Waals surface area contributed by atoms with Crippen LogP contribution in [0.5, 0.6) is 0 Å². The molecule has 0 saturated carbocycles. The Morgan fingerprint density at radius 2 is 1.62 bits per heavy atom. The Hall–Kier alpha value is -0.610. The molecule has 1 saturated heterocycles.